The number of rotatable bonds is 6. The number of para-hydroxylation sites is 1. The third-order valence-electron chi connectivity index (χ3n) is 4.42. The number of fused-ring (bicyclic) bond motifs is 1. The Morgan fingerprint density at radius 3 is 2.64 bits per heavy atom. The molecule has 2 aromatic carbocycles. The molecule has 7 nitrogen and oxygen atoms in total. The highest BCUT2D eigenvalue weighted by molar-refractivity contribution is 5.92. The van der Waals surface area contributed by atoms with Crippen LogP contribution in [0.25, 0.3) is 0 Å². The number of anilines is 2. The second-order valence-corrected chi connectivity index (χ2v) is 6.21. The van der Waals surface area contributed by atoms with Crippen LogP contribution in [-0.2, 0) is 6.54 Å². The Balaban J connectivity index is 1.41. The number of carbonyl (C=O) groups excluding carboxylic acids is 1. The normalized spacial score (nSPS) is 11.9. The van der Waals surface area contributed by atoms with E-state index in [9.17, 15) is 4.79 Å². The van der Waals surface area contributed by atoms with Crippen molar-refractivity contribution < 1.29 is 14.3 Å². The Labute approximate surface area is 163 Å². The average Bonchev–Trinajstić information content (AvgIpc) is 3.22. The number of carbonyl (C=O) groups is 1. The van der Waals surface area contributed by atoms with Gasteiger partial charge in [-0.2, -0.15) is 0 Å². The van der Waals surface area contributed by atoms with Crippen LogP contribution in [0.3, 0.4) is 0 Å². The van der Waals surface area contributed by atoms with Gasteiger partial charge in [-0.05, 0) is 36.8 Å². The first-order chi connectivity index (χ1) is 13.7. The fourth-order valence-electron chi connectivity index (χ4n) is 2.99. The molecular formula is C21H20N4O3. The predicted octanol–water partition coefficient (Wildman–Crippen LogP) is 3.29. The quantitative estimate of drug-likeness (QED) is 0.711. The summed E-state index contributed by atoms with van der Waals surface area (Å²) in [6, 6.07) is 15.5. The molecule has 2 heterocycles. The molecule has 7 heteroatoms. The molecule has 1 amide bonds. The van der Waals surface area contributed by atoms with Crippen LogP contribution < -0.4 is 19.7 Å². The minimum atomic E-state index is -0.278. The number of aromatic nitrogens is 2. The van der Waals surface area contributed by atoms with Crippen molar-refractivity contribution >= 4 is 17.4 Å². The lowest BCUT2D eigenvalue weighted by Crippen LogP contribution is -2.24. The van der Waals surface area contributed by atoms with Gasteiger partial charge in [-0.3, -0.25) is 4.79 Å². The van der Waals surface area contributed by atoms with E-state index in [0.717, 1.165) is 23.5 Å². The summed E-state index contributed by atoms with van der Waals surface area (Å²) in [6.07, 6.45) is 3.11. The van der Waals surface area contributed by atoms with E-state index in [-0.39, 0.29) is 18.4 Å². The van der Waals surface area contributed by atoms with E-state index in [2.05, 4.69) is 15.3 Å². The van der Waals surface area contributed by atoms with Crippen LogP contribution in [-0.4, -0.2) is 29.2 Å². The lowest BCUT2D eigenvalue weighted by molar-refractivity contribution is 0.0945. The van der Waals surface area contributed by atoms with E-state index < -0.39 is 0 Å². The fraction of sp³-hybridized carbons (Fsp3) is 0.190. The number of nitrogens with one attached hydrogen (secondary N) is 1. The molecule has 0 saturated heterocycles. The second-order valence-electron chi connectivity index (χ2n) is 6.21. The summed E-state index contributed by atoms with van der Waals surface area (Å²) >= 11 is 0. The van der Waals surface area contributed by atoms with Crippen LogP contribution in [0, 0.1) is 0 Å². The van der Waals surface area contributed by atoms with Gasteiger partial charge in [0.15, 0.2) is 17.3 Å². The number of hydrogen-bond donors (Lipinski definition) is 1. The summed E-state index contributed by atoms with van der Waals surface area (Å²) in [6.45, 7) is 3.38. The van der Waals surface area contributed by atoms with Gasteiger partial charge < -0.3 is 19.7 Å². The van der Waals surface area contributed by atoms with E-state index in [4.69, 9.17) is 9.47 Å². The van der Waals surface area contributed by atoms with E-state index in [1.165, 1.54) is 6.20 Å². The number of ether oxygens (including phenoxy) is 2. The van der Waals surface area contributed by atoms with Gasteiger partial charge >= 0.3 is 0 Å². The molecule has 1 N–H and O–H groups in total. The number of hydrogen-bond acceptors (Lipinski definition) is 6. The molecule has 0 fully saturated rings. The van der Waals surface area contributed by atoms with Crippen molar-refractivity contribution in [1.82, 2.24) is 15.3 Å². The van der Waals surface area contributed by atoms with Crippen LogP contribution in [0.4, 0.5) is 11.5 Å². The molecule has 28 heavy (non-hydrogen) atoms. The van der Waals surface area contributed by atoms with Crippen LogP contribution in [0.5, 0.6) is 11.5 Å². The van der Waals surface area contributed by atoms with Crippen molar-refractivity contribution in [3.8, 4) is 11.5 Å². The van der Waals surface area contributed by atoms with Crippen molar-refractivity contribution in [2.45, 2.75) is 13.5 Å². The molecule has 0 radical (unpaired) electrons. The Morgan fingerprint density at radius 2 is 1.89 bits per heavy atom. The zero-order valence-electron chi connectivity index (χ0n) is 15.5. The maximum absolute atomic E-state index is 12.4. The van der Waals surface area contributed by atoms with Crippen LogP contribution in [0.2, 0.25) is 0 Å². The van der Waals surface area contributed by atoms with Gasteiger partial charge in [0, 0.05) is 18.8 Å². The molecule has 0 bridgehead atoms. The van der Waals surface area contributed by atoms with Crippen molar-refractivity contribution in [2.24, 2.45) is 0 Å². The van der Waals surface area contributed by atoms with Gasteiger partial charge in [0.2, 0.25) is 6.79 Å². The Morgan fingerprint density at radius 1 is 1.07 bits per heavy atom. The smallest absolute Gasteiger partial charge is 0.271 e. The predicted molar refractivity (Wildman–Crippen MR) is 105 cm³/mol. The Kier molecular flexibility index (Phi) is 5.05. The highest BCUT2D eigenvalue weighted by Crippen LogP contribution is 2.32. The molecule has 142 valence electrons. The highest BCUT2D eigenvalue weighted by Gasteiger charge is 2.15. The van der Waals surface area contributed by atoms with Gasteiger partial charge in [-0.1, -0.05) is 24.3 Å². The molecule has 1 aromatic heterocycles. The third kappa shape index (κ3) is 3.73. The lowest BCUT2D eigenvalue weighted by Gasteiger charge is -2.21. The first-order valence-electron chi connectivity index (χ1n) is 9.06. The maximum Gasteiger partial charge on any atom is 0.271 e. The molecule has 1 aliphatic heterocycles. The van der Waals surface area contributed by atoms with Gasteiger partial charge in [0.05, 0.1) is 12.4 Å². The van der Waals surface area contributed by atoms with Crippen molar-refractivity contribution in [2.75, 3.05) is 18.2 Å². The Hall–Kier alpha value is -3.61. The lowest BCUT2D eigenvalue weighted by atomic mass is 10.2. The molecule has 0 aliphatic carbocycles. The average molecular weight is 376 g/mol. The van der Waals surface area contributed by atoms with Gasteiger partial charge in [-0.15, -0.1) is 0 Å². The minimum absolute atomic E-state index is 0.227. The summed E-state index contributed by atoms with van der Waals surface area (Å²) in [5.74, 6) is 1.83. The number of nitrogens with zero attached hydrogens (tertiary/aromatic N) is 3. The Bertz CT molecular complexity index is 961. The van der Waals surface area contributed by atoms with Crippen LogP contribution in [0.1, 0.15) is 23.0 Å². The zero-order chi connectivity index (χ0) is 19.3. The summed E-state index contributed by atoms with van der Waals surface area (Å²) in [5, 5.41) is 2.85. The summed E-state index contributed by atoms with van der Waals surface area (Å²) in [5.41, 5.74) is 2.22. The molecule has 0 saturated carbocycles. The summed E-state index contributed by atoms with van der Waals surface area (Å²) in [7, 11) is 0. The van der Waals surface area contributed by atoms with Crippen molar-refractivity contribution in [1.29, 1.82) is 0 Å². The molecule has 0 unspecified atom stereocenters. The van der Waals surface area contributed by atoms with E-state index in [1.807, 2.05) is 60.4 Å². The van der Waals surface area contributed by atoms with E-state index in [1.54, 1.807) is 6.20 Å². The topological polar surface area (TPSA) is 76.6 Å². The monoisotopic (exact) mass is 376 g/mol. The van der Waals surface area contributed by atoms with Gasteiger partial charge in [0.1, 0.15) is 5.69 Å². The first-order valence-corrected chi connectivity index (χ1v) is 9.06. The molecule has 3 aromatic rings. The first kappa shape index (κ1) is 17.8. The number of amides is 1. The zero-order valence-corrected chi connectivity index (χ0v) is 15.5. The SMILES string of the molecule is CCN(c1ccccc1)c1cnc(C(=O)NCc2ccc3c(c2)OCO3)cn1. The standard InChI is InChI=1S/C21H20N4O3/c1-2-25(16-6-4-3-5-7-16)20-13-22-17(12-23-20)21(26)24-11-15-8-9-18-19(10-15)28-14-27-18/h3-10,12-13H,2,11,14H2,1H3,(H,24,26). The maximum atomic E-state index is 12.4. The molecular weight excluding hydrogens is 356 g/mol. The molecule has 0 spiro atoms. The largest absolute Gasteiger partial charge is 0.454 e. The van der Waals surface area contributed by atoms with Crippen molar-refractivity contribution in [3.63, 3.8) is 0 Å². The van der Waals surface area contributed by atoms with Gasteiger partial charge in [0.25, 0.3) is 5.91 Å². The molecule has 4 rings (SSSR count). The second kappa shape index (κ2) is 7.96. The molecule has 0 atom stereocenters. The minimum Gasteiger partial charge on any atom is -0.454 e. The van der Waals surface area contributed by atoms with Gasteiger partial charge in [-0.25, -0.2) is 9.97 Å². The number of benzene rings is 2. The van der Waals surface area contributed by atoms with E-state index in [0.29, 0.717) is 18.1 Å². The summed E-state index contributed by atoms with van der Waals surface area (Å²) in [4.78, 5) is 23.1. The van der Waals surface area contributed by atoms with Crippen LogP contribution >= 0.6 is 0 Å². The van der Waals surface area contributed by atoms with Crippen LogP contribution in [0.15, 0.2) is 60.9 Å². The fourth-order valence-corrected chi connectivity index (χ4v) is 2.99. The van der Waals surface area contributed by atoms with Crippen molar-refractivity contribution in [3.05, 3.63) is 72.2 Å². The molecule has 1 aliphatic rings. The van der Waals surface area contributed by atoms with E-state index >= 15 is 0 Å². The summed E-state index contributed by atoms with van der Waals surface area (Å²) < 4.78 is 10.6. The third-order valence-corrected chi connectivity index (χ3v) is 4.42. The highest BCUT2D eigenvalue weighted by atomic mass is 16.7.